The van der Waals surface area contributed by atoms with Gasteiger partial charge in [-0.25, -0.2) is 4.98 Å². The molecule has 160 valence electrons. The van der Waals surface area contributed by atoms with Crippen molar-refractivity contribution in [1.29, 1.82) is 0 Å². The highest BCUT2D eigenvalue weighted by molar-refractivity contribution is 6.30. The third-order valence-electron chi connectivity index (χ3n) is 5.79. The molecule has 31 heavy (non-hydrogen) atoms. The van der Waals surface area contributed by atoms with Gasteiger partial charge in [0.05, 0.1) is 18.2 Å². The maximum absolute atomic E-state index is 13.3. The lowest BCUT2D eigenvalue weighted by atomic mass is 9.86. The van der Waals surface area contributed by atoms with Gasteiger partial charge < -0.3 is 9.88 Å². The van der Waals surface area contributed by atoms with E-state index in [1.165, 1.54) is 11.1 Å². The second-order valence-electron chi connectivity index (χ2n) is 9.12. The molecule has 0 atom stereocenters. The Morgan fingerprint density at radius 3 is 2.48 bits per heavy atom. The quantitative estimate of drug-likeness (QED) is 0.527. The van der Waals surface area contributed by atoms with Crippen LogP contribution in [0.25, 0.3) is 5.57 Å². The number of nitrogens with zero attached hydrogens (tertiary/aromatic N) is 2. The van der Waals surface area contributed by atoms with Crippen molar-refractivity contribution in [3.8, 4) is 0 Å². The summed E-state index contributed by atoms with van der Waals surface area (Å²) < 4.78 is 2.15. The Kier molecular flexibility index (Phi) is 6.01. The number of halogens is 1. The highest BCUT2D eigenvalue weighted by Gasteiger charge is 2.23. The Balaban J connectivity index is 1.68. The van der Waals surface area contributed by atoms with Crippen LogP contribution >= 0.6 is 11.6 Å². The Morgan fingerprint density at radius 1 is 1.10 bits per heavy atom. The van der Waals surface area contributed by atoms with E-state index in [0.717, 1.165) is 41.9 Å². The Bertz CT molecular complexity index is 1100. The Hall–Kier alpha value is -2.85. The summed E-state index contributed by atoms with van der Waals surface area (Å²) >= 11 is 5.98. The van der Waals surface area contributed by atoms with Gasteiger partial charge in [-0.05, 0) is 59.2 Å². The number of benzene rings is 2. The summed E-state index contributed by atoms with van der Waals surface area (Å²) in [5.74, 6) is -0.0571. The molecule has 3 aromatic rings. The van der Waals surface area contributed by atoms with Gasteiger partial charge >= 0.3 is 0 Å². The number of fused-ring (bicyclic) bond motifs is 1. The fraction of sp³-hybridized carbons (Fsp3) is 0.308. The van der Waals surface area contributed by atoms with Gasteiger partial charge in [0.1, 0.15) is 0 Å². The number of aromatic nitrogens is 2. The molecule has 0 unspecified atom stereocenters. The molecule has 4 nitrogen and oxygen atoms in total. The molecule has 0 aliphatic carbocycles. The predicted molar refractivity (Wildman–Crippen MR) is 127 cm³/mol. The minimum atomic E-state index is -0.0571. The number of amides is 1. The molecule has 1 N–H and O–H groups in total. The zero-order valence-corrected chi connectivity index (χ0v) is 19.0. The first-order chi connectivity index (χ1) is 14.8. The summed E-state index contributed by atoms with van der Waals surface area (Å²) in [5.41, 5.74) is 6.25. The Labute approximate surface area is 189 Å². The van der Waals surface area contributed by atoms with Crippen molar-refractivity contribution >= 4 is 28.8 Å². The van der Waals surface area contributed by atoms with Crippen molar-refractivity contribution in [2.24, 2.45) is 0 Å². The number of nitrogens with one attached hydrogen (secondary N) is 1. The molecule has 0 saturated heterocycles. The molecule has 2 aromatic carbocycles. The maximum Gasteiger partial charge on any atom is 0.251 e. The van der Waals surface area contributed by atoms with Gasteiger partial charge in [-0.15, -0.1) is 0 Å². The number of rotatable bonds is 4. The van der Waals surface area contributed by atoms with E-state index in [9.17, 15) is 4.79 Å². The molecule has 2 heterocycles. The van der Waals surface area contributed by atoms with Crippen LogP contribution in [0.15, 0.2) is 66.6 Å². The molecule has 0 spiro atoms. The van der Waals surface area contributed by atoms with E-state index in [1.54, 1.807) is 12.1 Å². The number of imidazole rings is 1. The number of aryl methyl sites for hydroxylation is 1. The summed E-state index contributed by atoms with van der Waals surface area (Å²) in [7, 11) is 0. The number of carbonyl (C=O) groups is 1. The minimum Gasteiger partial charge on any atom is -0.331 e. The van der Waals surface area contributed by atoms with E-state index in [1.807, 2.05) is 24.7 Å². The third-order valence-corrected chi connectivity index (χ3v) is 6.04. The average Bonchev–Trinajstić information content (AvgIpc) is 3.13. The molecule has 4 rings (SSSR count). The first-order valence-electron chi connectivity index (χ1n) is 10.7. The lowest BCUT2D eigenvalue weighted by Crippen LogP contribution is -2.16. The van der Waals surface area contributed by atoms with Crippen LogP contribution in [0.4, 0.5) is 5.69 Å². The minimum absolute atomic E-state index is 0.0571. The fourth-order valence-electron chi connectivity index (χ4n) is 4.00. The summed E-state index contributed by atoms with van der Waals surface area (Å²) in [6.45, 7) is 7.51. The van der Waals surface area contributed by atoms with Crippen molar-refractivity contribution in [2.75, 3.05) is 5.32 Å². The van der Waals surface area contributed by atoms with Crippen molar-refractivity contribution in [2.45, 2.75) is 52.0 Å². The van der Waals surface area contributed by atoms with Crippen LogP contribution in [0.5, 0.6) is 0 Å². The van der Waals surface area contributed by atoms with Gasteiger partial charge in [0, 0.05) is 29.2 Å². The summed E-state index contributed by atoms with van der Waals surface area (Å²) in [4.78, 5) is 17.6. The van der Waals surface area contributed by atoms with Gasteiger partial charge in [-0.1, -0.05) is 56.6 Å². The van der Waals surface area contributed by atoms with Crippen LogP contribution in [0.2, 0.25) is 5.02 Å². The predicted octanol–water partition coefficient (Wildman–Crippen LogP) is 6.26. The highest BCUT2D eigenvalue weighted by Crippen LogP contribution is 2.31. The number of anilines is 1. The zero-order chi connectivity index (χ0) is 22.0. The van der Waals surface area contributed by atoms with Gasteiger partial charge in [-0.3, -0.25) is 4.79 Å². The molecule has 0 fully saturated rings. The lowest BCUT2D eigenvalue weighted by Gasteiger charge is -2.19. The van der Waals surface area contributed by atoms with E-state index >= 15 is 0 Å². The zero-order valence-electron chi connectivity index (χ0n) is 18.3. The molecule has 1 aliphatic heterocycles. The molecule has 1 amide bonds. The summed E-state index contributed by atoms with van der Waals surface area (Å²) in [5, 5.41) is 3.70. The highest BCUT2D eigenvalue weighted by atomic mass is 35.5. The number of carbonyl (C=O) groups excluding carboxylic acids is 1. The van der Waals surface area contributed by atoms with Crippen LogP contribution < -0.4 is 5.32 Å². The van der Waals surface area contributed by atoms with Crippen LogP contribution in [-0.2, 0) is 23.2 Å². The SMILES string of the molecule is CC(C)(C)c1ccc(CC2=C(C(=O)Nc3ccc(Cl)cc3)CCCn3cncc32)cc1. The molecular formula is C26H28ClN3O. The number of hydrogen-bond acceptors (Lipinski definition) is 2. The first-order valence-corrected chi connectivity index (χ1v) is 11.1. The smallest absolute Gasteiger partial charge is 0.251 e. The summed E-state index contributed by atoms with van der Waals surface area (Å²) in [6, 6.07) is 16.0. The molecular weight excluding hydrogens is 406 g/mol. The van der Waals surface area contributed by atoms with Crippen LogP contribution in [0.1, 0.15) is 50.4 Å². The fourth-order valence-corrected chi connectivity index (χ4v) is 4.12. The molecule has 0 saturated carbocycles. The summed E-state index contributed by atoms with van der Waals surface area (Å²) in [6.07, 6.45) is 6.06. The third kappa shape index (κ3) is 4.91. The van der Waals surface area contributed by atoms with E-state index in [2.05, 4.69) is 59.9 Å². The molecule has 5 heteroatoms. The van der Waals surface area contributed by atoms with E-state index < -0.39 is 0 Å². The van der Waals surface area contributed by atoms with Crippen LogP contribution in [-0.4, -0.2) is 15.5 Å². The van der Waals surface area contributed by atoms with Gasteiger partial charge in [-0.2, -0.15) is 0 Å². The standard InChI is InChI=1S/C26H28ClN3O/c1-26(2,3)19-8-6-18(7-9-19)15-23-22(5-4-14-30-17-28-16-24(23)30)25(31)29-21-12-10-20(27)11-13-21/h6-13,16-17H,4-5,14-15H2,1-3H3,(H,29,31). The number of hydrogen-bond donors (Lipinski definition) is 1. The monoisotopic (exact) mass is 433 g/mol. The average molecular weight is 434 g/mol. The Morgan fingerprint density at radius 2 is 1.81 bits per heavy atom. The van der Waals surface area contributed by atoms with Crippen molar-refractivity contribution in [3.05, 3.63) is 88.5 Å². The van der Waals surface area contributed by atoms with Gasteiger partial charge in [0.15, 0.2) is 0 Å². The van der Waals surface area contributed by atoms with E-state index in [4.69, 9.17) is 11.6 Å². The molecule has 1 aliphatic rings. The van der Waals surface area contributed by atoms with Crippen molar-refractivity contribution in [3.63, 3.8) is 0 Å². The molecule has 1 aromatic heterocycles. The number of allylic oxidation sites excluding steroid dienone is 1. The van der Waals surface area contributed by atoms with E-state index in [-0.39, 0.29) is 11.3 Å². The molecule has 0 bridgehead atoms. The first kappa shape index (κ1) is 21.4. The van der Waals surface area contributed by atoms with Crippen LogP contribution in [0, 0.1) is 0 Å². The topological polar surface area (TPSA) is 46.9 Å². The van der Waals surface area contributed by atoms with E-state index in [0.29, 0.717) is 11.4 Å². The van der Waals surface area contributed by atoms with Crippen molar-refractivity contribution < 1.29 is 4.79 Å². The molecule has 0 radical (unpaired) electrons. The van der Waals surface area contributed by atoms with Crippen LogP contribution in [0.3, 0.4) is 0 Å². The second-order valence-corrected chi connectivity index (χ2v) is 9.55. The van der Waals surface area contributed by atoms with Gasteiger partial charge in [0.2, 0.25) is 0 Å². The van der Waals surface area contributed by atoms with Crippen molar-refractivity contribution in [1.82, 2.24) is 9.55 Å². The maximum atomic E-state index is 13.3. The van der Waals surface area contributed by atoms with Gasteiger partial charge in [0.25, 0.3) is 5.91 Å². The largest absolute Gasteiger partial charge is 0.331 e. The second kappa shape index (κ2) is 8.72. The normalized spacial score (nSPS) is 14.2. The lowest BCUT2D eigenvalue weighted by molar-refractivity contribution is -0.112.